The summed E-state index contributed by atoms with van der Waals surface area (Å²) in [5.41, 5.74) is 2.15. The van der Waals surface area contributed by atoms with Gasteiger partial charge < -0.3 is 5.11 Å². The van der Waals surface area contributed by atoms with E-state index in [1.165, 1.54) is 31.5 Å². The summed E-state index contributed by atoms with van der Waals surface area (Å²) < 4.78 is 0. The number of carboxylic acids is 1. The number of hydrogen-bond acceptors (Lipinski definition) is 3. The van der Waals surface area contributed by atoms with E-state index in [-0.39, 0.29) is 6.42 Å². The number of carbonyl (C=O) groups is 1. The van der Waals surface area contributed by atoms with Gasteiger partial charge in [-0.2, -0.15) is 0 Å². The van der Waals surface area contributed by atoms with Gasteiger partial charge in [0.05, 0.1) is 6.42 Å². The number of rotatable bonds is 4. The molecule has 0 radical (unpaired) electrons. The molecule has 21 heavy (non-hydrogen) atoms. The molecule has 2 aliphatic rings. The van der Waals surface area contributed by atoms with Gasteiger partial charge in [0.25, 0.3) is 0 Å². The van der Waals surface area contributed by atoms with Crippen LogP contribution in [0.4, 0.5) is 0 Å². The molecule has 1 N–H and O–H groups in total. The second-order valence-corrected chi connectivity index (χ2v) is 6.46. The van der Waals surface area contributed by atoms with Crippen LogP contribution in [0.1, 0.15) is 30.9 Å². The van der Waals surface area contributed by atoms with E-state index in [1.807, 2.05) is 12.1 Å². The first-order valence-electron chi connectivity index (χ1n) is 7.89. The Labute approximate surface area is 126 Å². The van der Waals surface area contributed by atoms with Crippen molar-refractivity contribution in [2.75, 3.05) is 19.6 Å². The van der Waals surface area contributed by atoms with Crippen LogP contribution in [0.15, 0.2) is 24.3 Å². The highest BCUT2D eigenvalue weighted by Crippen LogP contribution is 2.25. The monoisotopic (exact) mass is 288 g/mol. The maximum absolute atomic E-state index is 10.7. The number of aliphatic carboxylic acids is 1. The van der Waals surface area contributed by atoms with Gasteiger partial charge in [-0.15, -0.1) is 0 Å². The van der Waals surface area contributed by atoms with Crippen LogP contribution in [-0.2, 0) is 17.8 Å². The molecular weight excluding hydrogens is 264 g/mol. The molecule has 2 heterocycles. The van der Waals surface area contributed by atoms with Crippen LogP contribution in [0.25, 0.3) is 0 Å². The zero-order chi connectivity index (χ0) is 14.8. The molecule has 0 bridgehead atoms. The van der Waals surface area contributed by atoms with E-state index in [0.29, 0.717) is 6.04 Å². The lowest BCUT2D eigenvalue weighted by molar-refractivity contribution is -0.136. The molecule has 4 heteroatoms. The van der Waals surface area contributed by atoms with Crippen molar-refractivity contribution < 1.29 is 9.90 Å². The summed E-state index contributed by atoms with van der Waals surface area (Å²) in [7, 11) is 0. The number of fused-ring (bicyclic) bond motifs is 1. The van der Waals surface area contributed by atoms with Gasteiger partial charge in [0.1, 0.15) is 0 Å². The summed E-state index contributed by atoms with van der Waals surface area (Å²) in [6.45, 7) is 6.90. The molecule has 3 rings (SSSR count). The summed E-state index contributed by atoms with van der Waals surface area (Å²) in [6.07, 6.45) is 2.79. The molecule has 0 amide bonds. The van der Waals surface area contributed by atoms with Crippen molar-refractivity contribution >= 4 is 5.97 Å². The molecule has 0 aliphatic carbocycles. The average Bonchev–Trinajstić information content (AvgIpc) is 2.88. The second-order valence-electron chi connectivity index (χ2n) is 6.46. The summed E-state index contributed by atoms with van der Waals surface area (Å²) in [6, 6.07) is 9.38. The first-order valence-corrected chi connectivity index (χ1v) is 7.89. The Morgan fingerprint density at radius 1 is 1.24 bits per heavy atom. The van der Waals surface area contributed by atoms with E-state index in [0.717, 1.165) is 24.7 Å². The second kappa shape index (κ2) is 6.16. The third-order valence-electron chi connectivity index (χ3n) is 4.83. The van der Waals surface area contributed by atoms with Crippen LogP contribution in [0.5, 0.6) is 0 Å². The van der Waals surface area contributed by atoms with E-state index >= 15 is 0 Å². The van der Waals surface area contributed by atoms with E-state index in [4.69, 9.17) is 5.11 Å². The van der Waals surface area contributed by atoms with E-state index in [2.05, 4.69) is 28.9 Å². The molecular formula is C17H24N2O2. The molecule has 0 spiro atoms. The number of nitrogens with zero attached hydrogens (tertiary/aromatic N) is 2. The molecule has 4 nitrogen and oxygen atoms in total. The minimum Gasteiger partial charge on any atom is -0.481 e. The molecule has 0 saturated carbocycles. The first kappa shape index (κ1) is 14.5. The maximum atomic E-state index is 10.7. The number of hydrogen-bond donors (Lipinski definition) is 1. The Kier molecular flexibility index (Phi) is 4.27. The van der Waals surface area contributed by atoms with E-state index in [9.17, 15) is 4.79 Å². The Hall–Kier alpha value is -1.39. The Morgan fingerprint density at radius 2 is 1.95 bits per heavy atom. The minimum absolute atomic E-state index is 0.109. The molecule has 0 aromatic heterocycles. The molecule has 2 aliphatic heterocycles. The maximum Gasteiger partial charge on any atom is 0.307 e. The topological polar surface area (TPSA) is 43.8 Å². The number of carboxylic acid groups (broad SMARTS) is 1. The van der Waals surface area contributed by atoms with Crippen molar-refractivity contribution in [2.24, 2.45) is 0 Å². The Balaban J connectivity index is 1.61. The molecule has 2 fully saturated rings. The van der Waals surface area contributed by atoms with Crippen LogP contribution in [0, 0.1) is 0 Å². The number of benzene rings is 1. The summed E-state index contributed by atoms with van der Waals surface area (Å²) in [5.74, 6) is -0.770. The normalized spacial score (nSPS) is 26.7. The quantitative estimate of drug-likeness (QED) is 0.920. The minimum atomic E-state index is -0.770. The Morgan fingerprint density at radius 3 is 2.67 bits per heavy atom. The fourth-order valence-corrected chi connectivity index (χ4v) is 3.64. The van der Waals surface area contributed by atoms with Crippen molar-refractivity contribution in [2.45, 2.75) is 44.8 Å². The van der Waals surface area contributed by atoms with Crippen molar-refractivity contribution in [1.29, 1.82) is 0 Å². The van der Waals surface area contributed by atoms with Crippen LogP contribution in [-0.4, -0.2) is 52.6 Å². The molecule has 2 atom stereocenters. The van der Waals surface area contributed by atoms with Gasteiger partial charge in [0.2, 0.25) is 0 Å². The van der Waals surface area contributed by atoms with Crippen LogP contribution in [0.3, 0.4) is 0 Å². The van der Waals surface area contributed by atoms with Crippen LogP contribution in [0.2, 0.25) is 0 Å². The fourth-order valence-electron chi connectivity index (χ4n) is 3.64. The largest absolute Gasteiger partial charge is 0.481 e. The van der Waals surface area contributed by atoms with Gasteiger partial charge in [0.15, 0.2) is 0 Å². The predicted octanol–water partition coefficient (Wildman–Crippen LogP) is 1.98. The molecule has 1 aromatic rings. The third-order valence-corrected chi connectivity index (χ3v) is 4.83. The van der Waals surface area contributed by atoms with Gasteiger partial charge in [0, 0.05) is 31.7 Å². The lowest BCUT2D eigenvalue weighted by Gasteiger charge is -2.42. The highest BCUT2D eigenvalue weighted by molar-refractivity contribution is 5.70. The van der Waals surface area contributed by atoms with E-state index < -0.39 is 5.97 Å². The van der Waals surface area contributed by atoms with Crippen LogP contribution < -0.4 is 0 Å². The predicted molar refractivity (Wildman–Crippen MR) is 82.2 cm³/mol. The zero-order valence-corrected chi connectivity index (χ0v) is 12.7. The highest BCUT2D eigenvalue weighted by Gasteiger charge is 2.34. The van der Waals surface area contributed by atoms with Crippen molar-refractivity contribution in [1.82, 2.24) is 9.80 Å². The number of piperazine rings is 1. The lowest BCUT2D eigenvalue weighted by Crippen LogP contribution is -2.54. The summed E-state index contributed by atoms with van der Waals surface area (Å²) >= 11 is 0. The SMILES string of the molecule is CC1CN2CCCC2CN1Cc1ccc(CC(=O)O)cc1. The van der Waals surface area contributed by atoms with Crippen molar-refractivity contribution in [3.63, 3.8) is 0 Å². The molecule has 2 unspecified atom stereocenters. The van der Waals surface area contributed by atoms with Gasteiger partial charge >= 0.3 is 5.97 Å². The lowest BCUT2D eigenvalue weighted by atomic mass is 10.0. The van der Waals surface area contributed by atoms with Crippen LogP contribution >= 0.6 is 0 Å². The third kappa shape index (κ3) is 3.44. The van der Waals surface area contributed by atoms with Crippen molar-refractivity contribution in [3.8, 4) is 0 Å². The van der Waals surface area contributed by atoms with Gasteiger partial charge in [-0.05, 0) is 37.4 Å². The molecule has 114 valence electrons. The average molecular weight is 288 g/mol. The molecule has 2 saturated heterocycles. The smallest absolute Gasteiger partial charge is 0.307 e. The molecule has 1 aromatic carbocycles. The van der Waals surface area contributed by atoms with Crippen molar-refractivity contribution in [3.05, 3.63) is 35.4 Å². The standard InChI is InChI=1S/C17H24N2O2/c1-13-10-18-8-2-3-16(18)12-19(13)11-15-6-4-14(5-7-15)9-17(20)21/h4-7,13,16H,2-3,8-12H2,1H3,(H,20,21). The fraction of sp³-hybridized carbons (Fsp3) is 0.588. The highest BCUT2D eigenvalue weighted by atomic mass is 16.4. The summed E-state index contributed by atoms with van der Waals surface area (Å²) in [4.78, 5) is 15.9. The zero-order valence-electron chi connectivity index (χ0n) is 12.7. The van der Waals surface area contributed by atoms with E-state index in [1.54, 1.807) is 0 Å². The Bertz CT molecular complexity index is 500. The van der Waals surface area contributed by atoms with Gasteiger partial charge in [-0.3, -0.25) is 14.6 Å². The van der Waals surface area contributed by atoms with Gasteiger partial charge in [-0.1, -0.05) is 24.3 Å². The van der Waals surface area contributed by atoms with Gasteiger partial charge in [-0.25, -0.2) is 0 Å². The summed E-state index contributed by atoms with van der Waals surface area (Å²) in [5, 5.41) is 8.81. The first-order chi connectivity index (χ1) is 10.1.